The lowest BCUT2D eigenvalue weighted by Gasteiger charge is -2.07. The first-order chi connectivity index (χ1) is 48.7. The Bertz CT molecular complexity index is 3690. The summed E-state index contributed by atoms with van der Waals surface area (Å²) in [6.07, 6.45) is 12.9. The molecule has 0 saturated carbocycles. The summed E-state index contributed by atoms with van der Waals surface area (Å²) in [7, 11) is 0. The van der Waals surface area contributed by atoms with Gasteiger partial charge in [-0.05, 0) is 163 Å². The lowest BCUT2D eigenvalue weighted by molar-refractivity contribution is 0.262. The number of epoxide rings is 7. The van der Waals surface area contributed by atoms with Crippen LogP contribution in [0.4, 0.5) is 0 Å². The quantitative estimate of drug-likeness (QED) is 0.0256. The molecule has 7 saturated heterocycles. The van der Waals surface area contributed by atoms with E-state index in [1.807, 2.05) is 190 Å². The summed E-state index contributed by atoms with van der Waals surface area (Å²) in [5.74, 6) is 5.94. The van der Waals surface area contributed by atoms with E-state index in [-0.39, 0.29) is 24.4 Å². The molecule has 7 aliphatic heterocycles. The van der Waals surface area contributed by atoms with Crippen molar-refractivity contribution in [3.05, 3.63) is 263 Å². The topological polar surface area (TPSA) is 180 Å². The molecule has 7 atom stereocenters. The van der Waals surface area contributed by atoms with Crippen molar-refractivity contribution in [2.75, 3.05) is 92.5 Å². The number of halogens is 3. The van der Waals surface area contributed by atoms with Crippen LogP contribution in [0.3, 0.4) is 0 Å². The third kappa shape index (κ3) is 32.3. The second-order valence-corrected chi connectivity index (χ2v) is 24.2. The predicted molar refractivity (Wildman–Crippen MR) is 396 cm³/mol. The van der Waals surface area contributed by atoms with E-state index in [0.29, 0.717) is 80.3 Å². The molecule has 16 nitrogen and oxygen atoms in total. The van der Waals surface area contributed by atoms with E-state index >= 15 is 0 Å². The van der Waals surface area contributed by atoms with Crippen LogP contribution in [0, 0.1) is 17.9 Å². The Morgan fingerprint density at radius 1 is 0.480 bits per heavy atom. The van der Waals surface area contributed by atoms with Gasteiger partial charge in [0.2, 0.25) is 0 Å². The van der Waals surface area contributed by atoms with Gasteiger partial charge >= 0.3 is 0 Å². The Hall–Kier alpha value is -9.11. The predicted octanol–water partition coefficient (Wildman–Crippen LogP) is 17.5. The summed E-state index contributed by atoms with van der Waals surface area (Å²) in [5.41, 5.74) is 10.1. The summed E-state index contributed by atoms with van der Waals surface area (Å²) in [4.78, 5) is 3.27. The van der Waals surface area contributed by atoms with E-state index in [1.54, 1.807) is 18.2 Å². The number of ether oxygens (including phenoxy) is 14. The lowest BCUT2D eigenvalue weighted by Crippen LogP contribution is -2.04. The molecule has 0 bridgehead atoms. The number of allylic oxidation sites excluding steroid dienone is 3. The molecule has 100 heavy (non-hydrogen) atoms. The van der Waals surface area contributed by atoms with Crippen LogP contribution in [0.1, 0.15) is 52.8 Å². The molecular formula is C81H83Cl3N2O14. The van der Waals surface area contributed by atoms with Gasteiger partial charge in [0, 0.05) is 27.2 Å². The van der Waals surface area contributed by atoms with Gasteiger partial charge in [0.15, 0.2) is 5.70 Å². The zero-order valence-electron chi connectivity index (χ0n) is 56.1. The molecule has 7 unspecified atom stereocenters. The maximum atomic E-state index is 8.36. The first-order valence-electron chi connectivity index (χ1n) is 32.5. The SMILES string of the molecule is C/C=C/c1ccc(OCC2CO2)cc1.C=C(C)c1ccc(OCC2CO2)cc1.C=C(Cl)c1ccc(OCC2CO2)cc1.C=Cc1cc(Cl)ccc1OCC1CO1.Cl/C=C/c1ccc(OCC2CO2)cc1.N#C/C=C/c1ccc(OCC2CO2)cc1.[C-]#[N+]C(=C)c1ccc(OCC2CO2)cc1. The third-order valence-electron chi connectivity index (χ3n) is 14.5. The maximum Gasteiger partial charge on any atom is 0.187 e. The van der Waals surface area contributed by atoms with Crippen molar-refractivity contribution in [2.45, 2.75) is 56.6 Å². The van der Waals surface area contributed by atoms with Crippen molar-refractivity contribution in [3.8, 4) is 46.3 Å². The molecule has 7 aliphatic rings. The van der Waals surface area contributed by atoms with E-state index in [4.69, 9.17) is 113 Å². The zero-order valence-corrected chi connectivity index (χ0v) is 58.4. The van der Waals surface area contributed by atoms with Gasteiger partial charge in [-0.1, -0.05) is 146 Å². The van der Waals surface area contributed by atoms with Gasteiger partial charge in [0.05, 0.1) is 58.9 Å². The van der Waals surface area contributed by atoms with Crippen LogP contribution >= 0.6 is 34.8 Å². The van der Waals surface area contributed by atoms with E-state index < -0.39 is 0 Å². The molecule has 0 radical (unpaired) electrons. The van der Waals surface area contributed by atoms with Gasteiger partial charge in [-0.3, -0.25) is 0 Å². The number of rotatable bonds is 28. The Morgan fingerprint density at radius 3 is 1.08 bits per heavy atom. The third-order valence-corrected chi connectivity index (χ3v) is 15.1. The standard InChI is InChI=1S/2C12H11NO2.2C12H14O2.3C11H11ClO2/c1-9(13-2)10-3-5-11(6-4-10)14-7-12-8-15-12;13-7-1-2-10-3-5-11(6-4-10)14-8-12-9-15-12;1-9(2)10-3-5-11(6-4-10)13-7-12-8-14-12;1-2-3-10-4-6-11(7-5-10)13-8-12-9-14-12;1-8(12)9-2-4-10(5-3-9)13-6-11-7-14-11;12-6-5-9-1-3-10(4-2-9)13-7-11-8-14-11;1-2-8-5-9(12)3-4-11(8)14-7-10-6-13-10/h3-6,12H,1,7-8H2;1-6,12H,8-9H2;3-6,12H,1,7-8H2,2H3;2-7,12H,8-9H2,1H3;2-5,11H,1,6-7H2;1-6,11H,7-8H2;2-5,10H,1,6-7H2/b;2-1+;;3-2+;;6-5+;. The van der Waals surface area contributed by atoms with Crippen molar-refractivity contribution in [1.29, 1.82) is 5.26 Å². The minimum Gasteiger partial charge on any atom is -0.491 e. The molecule has 0 aromatic heterocycles. The maximum absolute atomic E-state index is 8.36. The van der Waals surface area contributed by atoms with Crippen LogP contribution in [0.5, 0.6) is 40.2 Å². The number of hydrogen-bond acceptors (Lipinski definition) is 15. The highest BCUT2D eigenvalue weighted by atomic mass is 35.5. The van der Waals surface area contributed by atoms with E-state index in [0.717, 1.165) is 125 Å². The van der Waals surface area contributed by atoms with Gasteiger partial charge < -0.3 is 66.3 Å². The normalized spacial score (nSPS) is 19.1. The van der Waals surface area contributed by atoms with Gasteiger partial charge in [0.1, 0.15) is 129 Å². The second-order valence-electron chi connectivity index (χ2n) is 23.0. The van der Waals surface area contributed by atoms with Crippen LogP contribution in [0.15, 0.2) is 208 Å². The fraction of sp³-hybridized carbons (Fsp3) is 0.284. The summed E-state index contributed by atoms with van der Waals surface area (Å²) < 4.78 is 73.8. The van der Waals surface area contributed by atoms with Crippen LogP contribution in [0.2, 0.25) is 5.02 Å². The average Bonchev–Trinajstić information content (AvgIpc) is 1.75. The van der Waals surface area contributed by atoms with E-state index in [1.165, 1.54) is 17.2 Å². The Balaban J connectivity index is 0.000000148. The molecule has 0 N–H and O–H groups in total. The van der Waals surface area contributed by atoms with Gasteiger partial charge in [-0.2, -0.15) is 5.26 Å². The van der Waals surface area contributed by atoms with Gasteiger partial charge in [-0.15, -0.1) is 0 Å². The molecule has 0 spiro atoms. The first-order valence-corrected chi connectivity index (χ1v) is 33.7. The summed E-state index contributed by atoms with van der Waals surface area (Å²) in [5, 5.41) is 9.59. The highest BCUT2D eigenvalue weighted by molar-refractivity contribution is 6.48. The molecule has 14 rings (SSSR count). The first kappa shape index (κ1) is 76.6. The highest BCUT2D eigenvalue weighted by Crippen LogP contribution is 2.27. The largest absolute Gasteiger partial charge is 0.491 e. The van der Waals surface area contributed by atoms with Crippen molar-refractivity contribution < 1.29 is 66.3 Å². The molecule has 7 aromatic carbocycles. The Labute approximate surface area is 602 Å². The van der Waals surface area contributed by atoms with Crippen molar-refractivity contribution in [1.82, 2.24) is 0 Å². The van der Waals surface area contributed by atoms with Crippen molar-refractivity contribution in [3.63, 3.8) is 0 Å². The van der Waals surface area contributed by atoms with Crippen LogP contribution in [-0.4, -0.2) is 135 Å². The number of nitrogens with zero attached hydrogens (tertiary/aromatic N) is 2. The average molecular weight is 1410 g/mol. The highest BCUT2D eigenvalue weighted by Gasteiger charge is 2.27. The van der Waals surface area contributed by atoms with Crippen LogP contribution in [0.25, 0.3) is 45.5 Å². The van der Waals surface area contributed by atoms with E-state index in [9.17, 15) is 0 Å². The molecule has 0 amide bonds. The molecule has 0 aliphatic carbocycles. The minimum absolute atomic E-state index is 0.267. The number of nitriles is 1. The lowest BCUT2D eigenvalue weighted by atomic mass is 10.1. The fourth-order valence-corrected chi connectivity index (χ4v) is 8.53. The Kier molecular flexibility index (Phi) is 32.3. The second kappa shape index (κ2) is 42.1. The number of benzene rings is 7. The van der Waals surface area contributed by atoms with Crippen LogP contribution < -0.4 is 33.2 Å². The van der Waals surface area contributed by atoms with Gasteiger partial charge in [-0.25, -0.2) is 4.85 Å². The summed E-state index contributed by atoms with van der Waals surface area (Å²) >= 11 is 17.0. The fourth-order valence-electron chi connectivity index (χ4n) is 8.08. The zero-order chi connectivity index (χ0) is 70.7. The summed E-state index contributed by atoms with van der Waals surface area (Å²) in [6.45, 7) is 35.8. The molecule has 522 valence electrons. The monoisotopic (exact) mass is 1410 g/mol. The van der Waals surface area contributed by atoms with E-state index in [2.05, 4.69) is 37.2 Å². The molecule has 7 fully saturated rings. The van der Waals surface area contributed by atoms with Crippen molar-refractivity contribution >= 4 is 75.4 Å². The Morgan fingerprint density at radius 2 is 0.790 bits per heavy atom. The molecule has 19 heteroatoms. The van der Waals surface area contributed by atoms with Crippen LogP contribution in [-0.2, 0) is 33.2 Å². The molecule has 7 heterocycles. The molecular weight excluding hydrogens is 1330 g/mol. The smallest absolute Gasteiger partial charge is 0.187 e. The minimum atomic E-state index is 0.267. The molecule has 7 aromatic rings. The van der Waals surface area contributed by atoms with Gasteiger partial charge in [0.25, 0.3) is 0 Å². The van der Waals surface area contributed by atoms with Crippen molar-refractivity contribution in [2.24, 2.45) is 0 Å². The number of hydrogen-bond donors (Lipinski definition) is 0. The summed E-state index contributed by atoms with van der Waals surface area (Å²) in [6, 6.07) is 53.7.